The van der Waals surface area contributed by atoms with E-state index in [2.05, 4.69) is 60.2 Å². The molecule has 0 aliphatic rings. The minimum Gasteiger partial charge on any atom is -0.386 e. The van der Waals surface area contributed by atoms with Gasteiger partial charge in [-0.1, -0.05) is 44.5 Å². The minimum atomic E-state index is -4.78. The van der Waals surface area contributed by atoms with Crippen molar-refractivity contribution in [2.45, 2.75) is 72.1 Å². The molecule has 0 amide bonds. The molecule has 4 N–H and O–H groups in total. The number of halogens is 7. The van der Waals surface area contributed by atoms with Crippen LogP contribution in [0.5, 0.6) is 0 Å². The largest absolute Gasteiger partial charge is 0.419 e. The van der Waals surface area contributed by atoms with Crippen LogP contribution in [0, 0.1) is 25.5 Å². The summed E-state index contributed by atoms with van der Waals surface area (Å²) in [6.45, 7) is 11.2. The first-order chi connectivity index (χ1) is 32.1. The zero-order chi connectivity index (χ0) is 50.2. The van der Waals surface area contributed by atoms with Crippen molar-refractivity contribution in [1.29, 1.82) is 0 Å². The summed E-state index contributed by atoms with van der Waals surface area (Å²) in [5, 5.41) is 32.3. The zero-order valence-corrected chi connectivity index (χ0v) is 39.8. The summed E-state index contributed by atoms with van der Waals surface area (Å²) in [6.07, 6.45) is -3.53. The monoisotopic (exact) mass is 954 g/mol. The van der Waals surface area contributed by atoms with E-state index in [1.807, 2.05) is 31.2 Å². The smallest absolute Gasteiger partial charge is 0.386 e. The van der Waals surface area contributed by atoms with Gasteiger partial charge < -0.3 is 30.7 Å². The Balaban J connectivity index is 0.000000240. The third-order valence-electron chi connectivity index (χ3n) is 11.1. The molecule has 0 radical (unpaired) electrons. The van der Waals surface area contributed by atoms with Gasteiger partial charge in [0.2, 0.25) is 0 Å². The molecule has 366 valence electrons. The van der Waals surface area contributed by atoms with Gasteiger partial charge in [-0.2, -0.15) is 32.1 Å². The van der Waals surface area contributed by atoms with Gasteiger partial charge in [-0.15, -0.1) is 10.2 Å². The van der Waals surface area contributed by atoms with Crippen LogP contribution in [-0.2, 0) is 35.7 Å². The van der Waals surface area contributed by atoms with Crippen molar-refractivity contribution in [2.75, 3.05) is 62.3 Å². The Morgan fingerprint density at radius 2 is 1.13 bits per heavy atom. The highest BCUT2D eigenvalue weighted by molar-refractivity contribution is 6.02. The molecule has 4 aromatic carbocycles. The molecule has 0 saturated heterocycles. The Labute approximate surface area is 389 Å². The zero-order valence-electron chi connectivity index (χ0n) is 39.8. The average molecular weight is 955 g/mol. The summed E-state index contributed by atoms with van der Waals surface area (Å²) in [5.41, 5.74) is 2.18. The van der Waals surface area contributed by atoms with Crippen molar-refractivity contribution >= 4 is 55.6 Å². The molecule has 2 atom stereocenters. The van der Waals surface area contributed by atoms with Crippen LogP contribution in [0.2, 0.25) is 0 Å². The minimum absolute atomic E-state index is 0.0620. The Morgan fingerprint density at radius 3 is 1.62 bits per heavy atom. The van der Waals surface area contributed by atoms with Gasteiger partial charge >= 0.3 is 11.9 Å². The molecule has 68 heavy (non-hydrogen) atoms. The van der Waals surface area contributed by atoms with E-state index in [9.17, 15) is 31.1 Å². The van der Waals surface area contributed by atoms with Crippen molar-refractivity contribution < 1.29 is 40.2 Å². The van der Waals surface area contributed by atoms with Crippen molar-refractivity contribution in [3.05, 3.63) is 116 Å². The highest BCUT2D eigenvalue weighted by Gasteiger charge is 2.37. The number of nitrogens with one attached hydrogen (secondary N) is 4. The second-order valence-corrected chi connectivity index (χ2v) is 16.2. The standard InChI is InChI=1S/C23H24F3N5O2.C22H25F4N5O.C3H8/c1-12(14-7-6-8-17(20(14)24)23(25,26)11-33-5)27-21-16-10-19-18(30(3)22(32)31(19)4)9-15(16)13(2)28-29-21;1-12(14-6-5-7-17(20(14)23)22(24,25)26)29-21-16-11-19(28-8-9-32-4)18(27-3)10-15(16)13(2)30-31-21;1-3-2/h6-10,12H,11H2,1-5H3,(H,27,29);5-7,10-12,27-28H,8-9H2,1-4H3,(H,29,31);3H2,1-2H3/t2*12-;/m11./s1. The van der Waals surface area contributed by atoms with E-state index in [0.29, 0.717) is 52.5 Å². The van der Waals surface area contributed by atoms with Crippen LogP contribution in [0.15, 0.2) is 65.5 Å². The summed E-state index contributed by atoms with van der Waals surface area (Å²) in [5.74, 6) is -5.07. The van der Waals surface area contributed by atoms with E-state index in [0.717, 1.165) is 46.9 Å². The summed E-state index contributed by atoms with van der Waals surface area (Å²) < 4.78 is 110. The molecule has 0 spiro atoms. The lowest BCUT2D eigenvalue weighted by Gasteiger charge is -2.21. The summed E-state index contributed by atoms with van der Waals surface area (Å²) in [6, 6.07) is 13.1. The molecular formula is C48H57F7N10O3. The van der Waals surface area contributed by atoms with Crippen molar-refractivity contribution in [1.82, 2.24) is 29.5 Å². The molecule has 0 aliphatic carbocycles. The van der Waals surface area contributed by atoms with Crippen LogP contribution in [0.4, 0.5) is 53.7 Å². The number of nitrogens with zero attached hydrogens (tertiary/aromatic N) is 6. The predicted octanol–water partition coefficient (Wildman–Crippen LogP) is 11.0. The van der Waals surface area contributed by atoms with E-state index in [1.165, 1.54) is 35.3 Å². The number of hydrogen-bond donors (Lipinski definition) is 4. The molecule has 3 heterocycles. The van der Waals surface area contributed by atoms with Crippen molar-refractivity contribution in [3.8, 4) is 0 Å². The molecular weight excluding hydrogens is 898 g/mol. The first-order valence-electron chi connectivity index (χ1n) is 21.7. The Kier molecular flexibility index (Phi) is 17.0. The number of benzene rings is 4. The molecule has 3 aromatic heterocycles. The third kappa shape index (κ3) is 11.2. The quantitative estimate of drug-likeness (QED) is 0.0611. The van der Waals surface area contributed by atoms with E-state index >= 15 is 4.39 Å². The number of methoxy groups -OCH3 is 2. The fourth-order valence-electron chi connectivity index (χ4n) is 7.55. The van der Waals surface area contributed by atoms with Gasteiger partial charge in [-0.3, -0.25) is 9.13 Å². The molecule has 0 aliphatic heterocycles. The Bertz CT molecular complexity index is 2940. The lowest BCUT2D eigenvalue weighted by atomic mass is 10.00. The van der Waals surface area contributed by atoms with Gasteiger partial charge in [0, 0.05) is 74.6 Å². The molecule has 20 heteroatoms. The van der Waals surface area contributed by atoms with Crippen molar-refractivity contribution in [3.63, 3.8) is 0 Å². The molecule has 0 bridgehead atoms. The van der Waals surface area contributed by atoms with Gasteiger partial charge in [0.05, 0.1) is 63.6 Å². The lowest BCUT2D eigenvalue weighted by molar-refractivity contribution is -0.140. The number of aromatic nitrogens is 6. The first kappa shape index (κ1) is 52.4. The molecule has 0 unspecified atom stereocenters. The number of rotatable bonds is 14. The van der Waals surface area contributed by atoms with E-state index in [-0.39, 0.29) is 16.8 Å². The van der Waals surface area contributed by atoms with Crippen molar-refractivity contribution in [2.24, 2.45) is 14.1 Å². The number of anilines is 4. The van der Waals surface area contributed by atoms with Crippen LogP contribution in [0.1, 0.15) is 79.8 Å². The third-order valence-corrected chi connectivity index (χ3v) is 11.1. The molecule has 0 saturated carbocycles. The average Bonchev–Trinajstić information content (AvgIpc) is 3.50. The van der Waals surface area contributed by atoms with E-state index in [1.54, 1.807) is 53.6 Å². The Morgan fingerprint density at radius 1 is 0.676 bits per heavy atom. The lowest BCUT2D eigenvalue weighted by Crippen LogP contribution is -2.23. The second kappa shape index (κ2) is 22.0. The van der Waals surface area contributed by atoms with Gasteiger partial charge in [-0.25, -0.2) is 13.6 Å². The van der Waals surface area contributed by atoms with E-state index in [4.69, 9.17) is 4.74 Å². The number of aryl methyl sites for hydroxylation is 4. The number of alkyl halides is 5. The first-order valence-corrected chi connectivity index (χ1v) is 21.7. The summed E-state index contributed by atoms with van der Waals surface area (Å²) >= 11 is 0. The normalized spacial score (nSPS) is 12.6. The number of imidazole rings is 1. The SMILES string of the molecule is CCC.CNc1cc2c(C)nnc(N[C@H](C)c3cccc(C(F)(F)F)c3F)c2cc1NCCOC.COCC(F)(F)c1cccc([C@@H](C)Nc2nnc(C)c3cc4c(cc23)n(C)c(=O)n4C)c1F. The van der Waals surface area contributed by atoms with Gasteiger partial charge in [-0.05, 0) is 64.1 Å². The number of ether oxygens (including phenoxy) is 2. The van der Waals surface area contributed by atoms with Crippen LogP contribution in [-0.4, -0.2) is 70.6 Å². The maximum absolute atomic E-state index is 15.1. The molecule has 13 nitrogen and oxygen atoms in total. The maximum atomic E-state index is 15.1. The van der Waals surface area contributed by atoms with Crippen LogP contribution < -0.4 is 27.0 Å². The van der Waals surface area contributed by atoms with Gasteiger partial charge in [0.1, 0.15) is 18.2 Å². The Hall–Kier alpha value is -6.54. The maximum Gasteiger partial charge on any atom is 0.419 e. The van der Waals surface area contributed by atoms with Gasteiger partial charge in [0.15, 0.2) is 11.6 Å². The predicted molar refractivity (Wildman–Crippen MR) is 254 cm³/mol. The number of hydrogen-bond acceptors (Lipinski definition) is 11. The van der Waals surface area contributed by atoms with Crippen LogP contribution >= 0.6 is 0 Å². The highest BCUT2D eigenvalue weighted by Crippen LogP contribution is 2.38. The number of fused-ring (bicyclic) bond motifs is 3. The molecule has 7 aromatic rings. The fourth-order valence-corrected chi connectivity index (χ4v) is 7.55. The second-order valence-electron chi connectivity index (χ2n) is 16.2. The fraction of sp³-hybridized carbons (Fsp3) is 0.396. The summed E-state index contributed by atoms with van der Waals surface area (Å²) in [7, 11) is 7.91. The van der Waals surface area contributed by atoms with Crippen LogP contribution in [0.25, 0.3) is 32.6 Å². The van der Waals surface area contributed by atoms with Crippen LogP contribution in [0.3, 0.4) is 0 Å². The highest BCUT2D eigenvalue weighted by atomic mass is 19.4. The topological polar surface area (TPSA) is 145 Å². The summed E-state index contributed by atoms with van der Waals surface area (Å²) in [4.78, 5) is 12.4. The molecule has 7 rings (SSSR count). The molecule has 0 fully saturated rings. The van der Waals surface area contributed by atoms with E-state index < -0.39 is 53.6 Å². The van der Waals surface area contributed by atoms with Gasteiger partial charge in [0.25, 0.3) is 5.92 Å².